The summed E-state index contributed by atoms with van der Waals surface area (Å²) in [4.78, 5) is 26.2. The second-order valence-electron chi connectivity index (χ2n) is 7.44. The summed E-state index contributed by atoms with van der Waals surface area (Å²) in [6.45, 7) is 6.94. The van der Waals surface area contributed by atoms with E-state index in [2.05, 4.69) is 5.32 Å². The van der Waals surface area contributed by atoms with Gasteiger partial charge in [0.05, 0.1) is 6.26 Å². The van der Waals surface area contributed by atoms with Crippen LogP contribution >= 0.6 is 0 Å². The van der Waals surface area contributed by atoms with Crippen molar-refractivity contribution in [2.75, 3.05) is 13.1 Å². The number of carbonyl (C=O) groups excluding carboxylic acids is 2. The fourth-order valence-corrected chi connectivity index (χ4v) is 3.63. The number of nitrogens with one attached hydrogen (secondary N) is 1. The molecule has 1 saturated carbocycles. The quantitative estimate of drug-likeness (QED) is 0.909. The van der Waals surface area contributed by atoms with Crippen molar-refractivity contribution in [3.63, 3.8) is 0 Å². The van der Waals surface area contributed by atoms with Crippen molar-refractivity contribution in [1.82, 2.24) is 10.2 Å². The molecule has 0 aromatic carbocycles. The number of amides is 2. The molecule has 0 unspecified atom stereocenters. The summed E-state index contributed by atoms with van der Waals surface area (Å²) in [5.74, 6) is 1.04. The van der Waals surface area contributed by atoms with Crippen molar-refractivity contribution < 1.29 is 18.7 Å². The minimum absolute atomic E-state index is 0.0691. The number of ether oxygens (including phenoxy) is 1. The normalized spacial score (nSPS) is 26.9. The molecule has 0 spiro atoms. The number of nitrogens with zero attached hydrogens (tertiary/aromatic N) is 1. The number of carbonyl (C=O) groups is 2. The molecule has 0 bridgehead atoms. The van der Waals surface area contributed by atoms with Crippen LogP contribution in [0.1, 0.15) is 44.2 Å². The molecule has 126 valence electrons. The fourth-order valence-electron chi connectivity index (χ4n) is 3.63. The second-order valence-corrected chi connectivity index (χ2v) is 7.44. The number of rotatable bonds is 2. The Morgan fingerprint density at radius 2 is 2.09 bits per heavy atom. The van der Waals surface area contributed by atoms with Gasteiger partial charge in [0.15, 0.2) is 5.76 Å². The maximum Gasteiger partial charge on any atom is 0.407 e. The van der Waals surface area contributed by atoms with Gasteiger partial charge in [-0.3, -0.25) is 4.79 Å². The third kappa shape index (κ3) is 3.51. The van der Waals surface area contributed by atoms with Crippen LogP contribution in [0.5, 0.6) is 0 Å². The van der Waals surface area contributed by atoms with E-state index in [0.29, 0.717) is 24.1 Å². The van der Waals surface area contributed by atoms with E-state index in [0.717, 1.165) is 19.4 Å². The first-order valence-electron chi connectivity index (χ1n) is 8.16. The summed E-state index contributed by atoms with van der Waals surface area (Å²) in [6.07, 6.45) is 3.10. The summed E-state index contributed by atoms with van der Waals surface area (Å²) in [5.41, 5.74) is -0.501. The van der Waals surface area contributed by atoms with Gasteiger partial charge in [0.25, 0.3) is 5.91 Å². The highest BCUT2D eigenvalue weighted by Crippen LogP contribution is 2.38. The number of alkyl carbamates (subject to hydrolysis) is 1. The maximum atomic E-state index is 12.4. The smallest absolute Gasteiger partial charge is 0.407 e. The monoisotopic (exact) mass is 320 g/mol. The summed E-state index contributed by atoms with van der Waals surface area (Å²) in [6, 6.07) is 3.48. The van der Waals surface area contributed by atoms with Crippen molar-refractivity contribution in [1.29, 1.82) is 0 Å². The molecule has 2 fully saturated rings. The van der Waals surface area contributed by atoms with Gasteiger partial charge in [-0.05, 0) is 51.7 Å². The third-order valence-electron chi connectivity index (χ3n) is 4.58. The molecule has 1 aromatic rings. The first-order chi connectivity index (χ1) is 10.8. The molecule has 2 heterocycles. The minimum Gasteiger partial charge on any atom is -0.459 e. The van der Waals surface area contributed by atoms with Crippen molar-refractivity contribution in [3.05, 3.63) is 24.2 Å². The predicted molar refractivity (Wildman–Crippen MR) is 84.0 cm³/mol. The Morgan fingerprint density at radius 1 is 1.30 bits per heavy atom. The summed E-state index contributed by atoms with van der Waals surface area (Å²) in [7, 11) is 0. The number of likely N-dealkylation sites (tertiary alicyclic amines) is 1. The molecule has 6 nitrogen and oxygen atoms in total. The zero-order valence-electron chi connectivity index (χ0n) is 13.9. The van der Waals surface area contributed by atoms with Gasteiger partial charge in [0.1, 0.15) is 5.60 Å². The van der Waals surface area contributed by atoms with Gasteiger partial charge >= 0.3 is 6.09 Å². The Morgan fingerprint density at radius 3 is 2.74 bits per heavy atom. The van der Waals surface area contributed by atoms with E-state index >= 15 is 0 Å². The van der Waals surface area contributed by atoms with Gasteiger partial charge in [-0.25, -0.2) is 4.79 Å². The summed E-state index contributed by atoms with van der Waals surface area (Å²) < 4.78 is 10.5. The van der Waals surface area contributed by atoms with Gasteiger partial charge in [-0.15, -0.1) is 0 Å². The lowest BCUT2D eigenvalue weighted by molar-refractivity contribution is 0.0491. The van der Waals surface area contributed by atoms with Gasteiger partial charge in [-0.2, -0.15) is 0 Å². The minimum atomic E-state index is -0.501. The van der Waals surface area contributed by atoms with E-state index in [1.807, 2.05) is 25.7 Å². The predicted octanol–water partition coefficient (Wildman–Crippen LogP) is 2.65. The zero-order valence-corrected chi connectivity index (χ0v) is 13.9. The summed E-state index contributed by atoms with van der Waals surface area (Å²) >= 11 is 0. The number of hydrogen-bond donors (Lipinski definition) is 1. The Balaban J connectivity index is 1.59. The molecular formula is C17H24N2O4. The SMILES string of the molecule is CC(C)(C)OC(=O)N[C@@H]1CC[C@H]2CN(C(=O)c3ccco3)C[C@H]21. The van der Waals surface area contributed by atoms with Crippen LogP contribution in [0, 0.1) is 11.8 Å². The second kappa shape index (κ2) is 5.91. The molecule has 23 heavy (non-hydrogen) atoms. The molecule has 1 N–H and O–H groups in total. The Labute approximate surface area is 136 Å². The van der Waals surface area contributed by atoms with Crippen molar-refractivity contribution >= 4 is 12.0 Å². The van der Waals surface area contributed by atoms with Gasteiger partial charge in [0.2, 0.25) is 0 Å². The summed E-state index contributed by atoms with van der Waals surface area (Å²) in [5, 5.41) is 2.98. The van der Waals surface area contributed by atoms with Crippen molar-refractivity contribution in [2.45, 2.75) is 45.3 Å². The van der Waals surface area contributed by atoms with Gasteiger partial charge in [0, 0.05) is 25.0 Å². The lowest BCUT2D eigenvalue weighted by atomic mass is 9.98. The average Bonchev–Trinajstić information content (AvgIpc) is 3.13. The van der Waals surface area contributed by atoms with Gasteiger partial charge in [-0.1, -0.05) is 0 Å². The van der Waals surface area contributed by atoms with Crippen LogP contribution in [-0.2, 0) is 4.74 Å². The number of fused-ring (bicyclic) bond motifs is 1. The molecule has 1 aromatic heterocycles. The lowest BCUT2D eigenvalue weighted by Crippen LogP contribution is -2.42. The van der Waals surface area contributed by atoms with Crippen LogP contribution in [0.2, 0.25) is 0 Å². The van der Waals surface area contributed by atoms with E-state index in [9.17, 15) is 9.59 Å². The van der Waals surface area contributed by atoms with E-state index < -0.39 is 5.60 Å². The highest BCUT2D eigenvalue weighted by molar-refractivity contribution is 5.91. The Kier molecular flexibility index (Phi) is 4.08. The number of hydrogen-bond acceptors (Lipinski definition) is 4. The van der Waals surface area contributed by atoms with Crippen molar-refractivity contribution in [3.8, 4) is 0 Å². The molecule has 2 aliphatic rings. The maximum absolute atomic E-state index is 12.4. The van der Waals surface area contributed by atoms with E-state index in [-0.39, 0.29) is 18.0 Å². The first kappa shape index (κ1) is 15.9. The lowest BCUT2D eigenvalue weighted by Gasteiger charge is -2.24. The molecule has 2 amide bonds. The molecule has 1 aliphatic heterocycles. The highest BCUT2D eigenvalue weighted by Gasteiger charge is 2.45. The average molecular weight is 320 g/mol. The zero-order chi connectivity index (χ0) is 16.6. The van der Waals surface area contributed by atoms with E-state index in [1.165, 1.54) is 6.26 Å². The fraction of sp³-hybridized carbons (Fsp3) is 0.647. The Hall–Kier alpha value is -1.98. The molecule has 3 rings (SSSR count). The van der Waals surface area contributed by atoms with Crippen LogP contribution in [0.15, 0.2) is 22.8 Å². The molecule has 1 saturated heterocycles. The molecule has 1 aliphatic carbocycles. The third-order valence-corrected chi connectivity index (χ3v) is 4.58. The van der Waals surface area contributed by atoms with Gasteiger partial charge < -0.3 is 19.4 Å². The Bertz CT molecular complexity index is 576. The van der Waals surface area contributed by atoms with Crippen LogP contribution < -0.4 is 5.32 Å². The van der Waals surface area contributed by atoms with Crippen LogP contribution in [0.25, 0.3) is 0 Å². The van der Waals surface area contributed by atoms with Crippen LogP contribution in [-0.4, -0.2) is 41.6 Å². The van der Waals surface area contributed by atoms with E-state index in [1.54, 1.807) is 12.1 Å². The van der Waals surface area contributed by atoms with Crippen molar-refractivity contribution in [2.24, 2.45) is 11.8 Å². The molecular weight excluding hydrogens is 296 g/mol. The van der Waals surface area contributed by atoms with Crippen LogP contribution in [0.3, 0.4) is 0 Å². The molecule has 3 atom stereocenters. The highest BCUT2D eigenvalue weighted by atomic mass is 16.6. The molecule has 6 heteroatoms. The molecule has 0 radical (unpaired) electrons. The van der Waals surface area contributed by atoms with Crippen LogP contribution in [0.4, 0.5) is 4.79 Å². The number of furan rings is 1. The largest absolute Gasteiger partial charge is 0.459 e. The first-order valence-corrected chi connectivity index (χ1v) is 8.16. The topological polar surface area (TPSA) is 71.8 Å². The van der Waals surface area contributed by atoms with E-state index in [4.69, 9.17) is 9.15 Å². The standard InChI is InChI=1S/C17H24N2O4/c1-17(2,3)23-16(21)18-13-7-6-11-9-19(10-12(11)13)15(20)14-5-4-8-22-14/h4-5,8,11-13H,6-7,9-10H2,1-3H3,(H,18,21)/t11-,12+,13+/m0/s1.